The van der Waals surface area contributed by atoms with Gasteiger partial charge in [0.2, 0.25) is 10.0 Å². The average Bonchev–Trinajstić information content (AvgIpc) is 3.24. The van der Waals surface area contributed by atoms with E-state index in [2.05, 4.69) is 9.88 Å². The van der Waals surface area contributed by atoms with E-state index in [-0.39, 0.29) is 17.2 Å². The fourth-order valence-corrected chi connectivity index (χ4v) is 3.34. The van der Waals surface area contributed by atoms with Gasteiger partial charge in [0.05, 0.1) is 25.6 Å². The van der Waals surface area contributed by atoms with Crippen LogP contribution in [-0.4, -0.2) is 20.7 Å². The summed E-state index contributed by atoms with van der Waals surface area (Å²) >= 11 is 0. The van der Waals surface area contributed by atoms with Gasteiger partial charge in [0.1, 0.15) is 16.4 Å². The van der Waals surface area contributed by atoms with Crippen molar-refractivity contribution in [3.63, 3.8) is 0 Å². The minimum absolute atomic E-state index is 0.0385. The van der Waals surface area contributed by atoms with E-state index in [4.69, 9.17) is 13.7 Å². The first kappa shape index (κ1) is 16.3. The molecule has 1 N–H and O–H groups in total. The average molecular weight is 348 g/mol. The van der Waals surface area contributed by atoms with Crippen LogP contribution in [0, 0.1) is 6.92 Å². The number of aromatic nitrogens is 1. The molecule has 3 aromatic rings. The Hall–Kier alpha value is -2.58. The molecular formula is C16H16N2O5S. The number of hydrogen-bond acceptors (Lipinski definition) is 6. The van der Waals surface area contributed by atoms with Crippen LogP contribution >= 0.6 is 0 Å². The summed E-state index contributed by atoms with van der Waals surface area (Å²) in [5.74, 6) is 1.28. The third-order valence-corrected chi connectivity index (χ3v) is 4.82. The Labute approximate surface area is 139 Å². The molecule has 7 nitrogen and oxygen atoms in total. The molecule has 126 valence electrons. The summed E-state index contributed by atoms with van der Waals surface area (Å²) in [5, 5.41) is 3.82. The summed E-state index contributed by atoms with van der Waals surface area (Å²) in [6, 6.07) is 9.85. The Bertz CT molecular complexity index is 929. The van der Waals surface area contributed by atoms with Crippen LogP contribution in [0.25, 0.3) is 11.3 Å². The molecule has 0 spiro atoms. The number of furan rings is 1. The lowest BCUT2D eigenvalue weighted by molar-refractivity contribution is 0.401. The van der Waals surface area contributed by atoms with Gasteiger partial charge in [0, 0.05) is 11.6 Å². The molecule has 0 unspecified atom stereocenters. The van der Waals surface area contributed by atoms with Crippen LogP contribution < -0.4 is 9.46 Å². The number of nitrogens with one attached hydrogen (secondary N) is 1. The van der Waals surface area contributed by atoms with Crippen molar-refractivity contribution < 1.29 is 22.1 Å². The van der Waals surface area contributed by atoms with E-state index in [0.717, 1.165) is 5.69 Å². The maximum atomic E-state index is 12.5. The number of sulfonamides is 1. The summed E-state index contributed by atoms with van der Waals surface area (Å²) in [4.78, 5) is 0.0385. The second-order valence-corrected chi connectivity index (χ2v) is 6.84. The zero-order chi connectivity index (χ0) is 17.2. The fraction of sp³-hybridized carbons (Fsp3) is 0.188. The molecule has 3 rings (SSSR count). The zero-order valence-electron chi connectivity index (χ0n) is 13.1. The molecule has 0 saturated heterocycles. The quantitative estimate of drug-likeness (QED) is 0.736. The van der Waals surface area contributed by atoms with Crippen LogP contribution in [0.2, 0.25) is 0 Å². The van der Waals surface area contributed by atoms with Crippen LogP contribution in [0.1, 0.15) is 11.5 Å². The van der Waals surface area contributed by atoms with Gasteiger partial charge in [-0.2, -0.15) is 0 Å². The van der Waals surface area contributed by atoms with E-state index in [0.29, 0.717) is 17.1 Å². The molecule has 0 bridgehead atoms. The smallest absolute Gasteiger partial charge is 0.244 e. The number of methoxy groups -OCH3 is 1. The van der Waals surface area contributed by atoms with E-state index >= 15 is 0 Å². The van der Waals surface area contributed by atoms with Gasteiger partial charge >= 0.3 is 0 Å². The Balaban J connectivity index is 1.89. The van der Waals surface area contributed by atoms with Crippen LogP contribution in [0.15, 0.2) is 56.5 Å². The van der Waals surface area contributed by atoms with Gasteiger partial charge in [-0.25, -0.2) is 13.1 Å². The number of ether oxygens (including phenoxy) is 1. The summed E-state index contributed by atoms with van der Waals surface area (Å²) in [6.45, 7) is 1.86. The Morgan fingerprint density at radius 2 is 2.08 bits per heavy atom. The molecule has 0 aliphatic carbocycles. The van der Waals surface area contributed by atoms with E-state index in [1.165, 1.54) is 19.4 Å². The third kappa shape index (κ3) is 3.34. The Morgan fingerprint density at radius 1 is 1.25 bits per heavy atom. The van der Waals surface area contributed by atoms with Crippen LogP contribution in [0.3, 0.4) is 0 Å². The fourth-order valence-electron chi connectivity index (χ4n) is 2.20. The van der Waals surface area contributed by atoms with E-state index < -0.39 is 10.0 Å². The molecule has 0 aliphatic rings. The SMILES string of the molecule is COc1cc(-c2cc(C)no2)ccc1S(=O)(=O)NCc1ccco1. The Kier molecular flexibility index (Phi) is 4.41. The van der Waals surface area contributed by atoms with Gasteiger partial charge in [-0.1, -0.05) is 5.16 Å². The highest BCUT2D eigenvalue weighted by Crippen LogP contribution is 2.30. The van der Waals surface area contributed by atoms with Crippen molar-refractivity contribution >= 4 is 10.0 Å². The monoisotopic (exact) mass is 348 g/mol. The lowest BCUT2D eigenvalue weighted by Gasteiger charge is -2.11. The summed E-state index contributed by atoms with van der Waals surface area (Å²) < 4.78 is 43.0. The number of benzene rings is 1. The highest BCUT2D eigenvalue weighted by atomic mass is 32.2. The van der Waals surface area contributed by atoms with E-state index in [1.807, 2.05) is 6.92 Å². The molecule has 2 aromatic heterocycles. The standard InChI is InChI=1S/C16H16N2O5S/c1-11-8-14(23-18-11)12-5-6-16(15(9-12)21-2)24(19,20)17-10-13-4-3-7-22-13/h3-9,17H,10H2,1-2H3. The molecule has 2 heterocycles. The highest BCUT2D eigenvalue weighted by molar-refractivity contribution is 7.89. The maximum Gasteiger partial charge on any atom is 0.244 e. The van der Waals surface area contributed by atoms with Crippen molar-refractivity contribution in [2.45, 2.75) is 18.4 Å². The first-order valence-electron chi connectivity index (χ1n) is 7.13. The molecule has 0 radical (unpaired) electrons. The van der Waals surface area contributed by atoms with Crippen molar-refractivity contribution in [1.82, 2.24) is 9.88 Å². The van der Waals surface area contributed by atoms with Gasteiger partial charge in [0.25, 0.3) is 0 Å². The largest absolute Gasteiger partial charge is 0.495 e. The summed E-state index contributed by atoms with van der Waals surface area (Å²) in [6.07, 6.45) is 1.48. The molecule has 24 heavy (non-hydrogen) atoms. The van der Waals surface area contributed by atoms with Crippen LogP contribution in [0.5, 0.6) is 5.75 Å². The van der Waals surface area contributed by atoms with Gasteiger partial charge in [0.15, 0.2) is 5.76 Å². The van der Waals surface area contributed by atoms with Crippen molar-refractivity contribution in [3.05, 3.63) is 54.1 Å². The van der Waals surface area contributed by atoms with Gasteiger partial charge < -0.3 is 13.7 Å². The summed E-state index contributed by atoms with van der Waals surface area (Å²) in [7, 11) is -2.34. The van der Waals surface area contributed by atoms with Crippen molar-refractivity contribution in [3.8, 4) is 17.1 Å². The van der Waals surface area contributed by atoms with Crippen LogP contribution in [0.4, 0.5) is 0 Å². The first-order chi connectivity index (χ1) is 11.5. The van der Waals surface area contributed by atoms with Gasteiger partial charge in [-0.05, 0) is 37.3 Å². The van der Waals surface area contributed by atoms with Crippen molar-refractivity contribution in [2.24, 2.45) is 0 Å². The minimum Gasteiger partial charge on any atom is -0.495 e. The molecule has 0 fully saturated rings. The number of hydrogen-bond donors (Lipinski definition) is 1. The molecule has 8 heteroatoms. The van der Waals surface area contributed by atoms with Crippen molar-refractivity contribution in [2.75, 3.05) is 7.11 Å². The second kappa shape index (κ2) is 6.50. The number of aryl methyl sites for hydroxylation is 1. The van der Waals surface area contributed by atoms with Crippen LogP contribution in [-0.2, 0) is 16.6 Å². The highest BCUT2D eigenvalue weighted by Gasteiger charge is 2.21. The first-order valence-corrected chi connectivity index (χ1v) is 8.62. The minimum atomic E-state index is -3.75. The second-order valence-electron chi connectivity index (χ2n) is 5.10. The number of rotatable bonds is 6. The lowest BCUT2D eigenvalue weighted by atomic mass is 10.1. The van der Waals surface area contributed by atoms with E-state index in [1.54, 1.807) is 30.3 Å². The molecule has 0 aliphatic heterocycles. The topological polar surface area (TPSA) is 94.6 Å². The summed E-state index contributed by atoms with van der Waals surface area (Å²) in [5.41, 5.74) is 1.42. The predicted octanol–water partition coefficient (Wildman–Crippen LogP) is 2.73. The lowest BCUT2D eigenvalue weighted by Crippen LogP contribution is -2.23. The molecule has 0 amide bonds. The maximum absolute atomic E-state index is 12.5. The Morgan fingerprint density at radius 3 is 2.71 bits per heavy atom. The van der Waals surface area contributed by atoms with Crippen molar-refractivity contribution in [1.29, 1.82) is 0 Å². The molecule has 0 atom stereocenters. The number of nitrogens with zero attached hydrogens (tertiary/aromatic N) is 1. The van der Waals surface area contributed by atoms with Gasteiger partial charge in [-0.3, -0.25) is 0 Å². The third-order valence-electron chi connectivity index (χ3n) is 3.38. The molecule has 1 aromatic carbocycles. The predicted molar refractivity (Wildman–Crippen MR) is 86.0 cm³/mol. The molecule has 0 saturated carbocycles. The molecular weight excluding hydrogens is 332 g/mol. The normalized spacial score (nSPS) is 11.6. The van der Waals surface area contributed by atoms with Gasteiger partial charge in [-0.15, -0.1) is 0 Å². The zero-order valence-corrected chi connectivity index (χ0v) is 14.0. The van der Waals surface area contributed by atoms with E-state index in [9.17, 15) is 8.42 Å².